The van der Waals surface area contributed by atoms with Crippen molar-refractivity contribution in [3.8, 4) is 0 Å². The van der Waals surface area contributed by atoms with Crippen LogP contribution in [0.5, 0.6) is 0 Å². The van der Waals surface area contributed by atoms with Crippen LogP contribution in [-0.4, -0.2) is 43.8 Å². The van der Waals surface area contributed by atoms with Crippen molar-refractivity contribution in [2.24, 2.45) is 0 Å². The summed E-state index contributed by atoms with van der Waals surface area (Å²) in [6.07, 6.45) is 1.44. The fraction of sp³-hybridized carbons (Fsp3) is 0.364. The van der Waals surface area contributed by atoms with E-state index in [1.807, 2.05) is 38.1 Å². The first-order valence-corrected chi connectivity index (χ1v) is 11.4. The predicted molar refractivity (Wildman–Crippen MR) is 112 cm³/mol. The van der Waals surface area contributed by atoms with Gasteiger partial charge in [0.1, 0.15) is 0 Å². The lowest BCUT2D eigenvalue weighted by Crippen LogP contribution is -2.36. The molecule has 0 bridgehead atoms. The summed E-state index contributed by atoms with van der Waals surface area (Å²) < 4.78 is 32.4. The van der Waals surface area contributed by atoms with Crippen LogP contribution in [0.2, 0.25) is 0 Å². The molecular formula is C22H26N2O5S. The predicted octanol–water partition coefficient (Wildman–Crippen LogP) is 2.51. The molecule has 8 heteroatoms. The highest BCUT2D eigenvalue weighted by atomic mass is 32.2. The minimum Gasteiger partial charge on any atom is -0.452 e. The second-order valence-corrected chi connectivity index (χ2v) is 9.27. The van der Waals surface area contributed by atoms with Gasteiger partial charge in [-0.25, -0.2) is 13.2 Å². The van der Waals surface area contributed by atoms with Crippen LogP contribution in [0.1, 0.15) is 41.8 Å². The van der Waals surface area contributed by atoms with Gasteiger partial charge in [0.05, 0.1) is 10.5 Å². The average molecular weight is 431 g/mol. The molecule has 2 aromatic rings. The van der Waals surface area contributed by atoms with E-state index >= 15 is 0 Å². The number of hydrogen-bond acceptors (Lipinski definition) is 5. The molecule has 7 nitrogen and oxygen atoms in total. The number of amides is 1. The summed E-state index contributed by atoms with van der Waals surface area (Å²) in [6, 6.07) is 13.4. The van der Waals surface area contributed by atoms with E-state index in [0.717, 1.165) is 12.0 Å². The van der Waals surface area contributed by atoms with E-state index in [-0.39, 0.29) is 29.0 Å². The van der Waals surface area contributed by atoms with Gasteiger partial charge in [-0.3, -0.25) is 4.79 Å². The summed E-state index contributed by atoms with van der Waals surface area (Å²) in [5.41, 5.74) is 2.36. The van der Waals surface area contributed by atoms with Gasteiger partial charge in [0.25, 0.3) is 5.91 Å². The molecule has 0 fully saturated rings. The number of hydrogen-bond donors (Lipinski definition) is 1. The normalized spacial score (nSPS) is 15.1. The number of ether oxygens (including phenoxy) is 1. The Hall–Kier alpha value is -2.71. The molecule has 2 aromatic carbocycles. The number of fused-ring (bicyclic) bond motifs is 1. The van der Waals surface area contributed by atoms with E-state index in [9.17, 15) is 18.0 Å². The summed E-state index contributed by atoms with van der Waals surface area (Å²) >= 11 is 0. The molecule has 3 rings (SSSR count). The van der Waals surface area contributed by atoms with Gasteiger partial charge in [-0.15, -0.1) is 0 Å². The molecule has 1 aliphatic rings. The fourth-order valence-electron chi connectivity index (χ4n) is 3.22. The van der Waals surface area contributed by atoms with Crippen LogP contribution >= 0.6 is 0 Å². The monoisotopic (exact) mass is 430 g/mol. The number of carbonyl (C=O) groups excluding carboxylic acids is 2. The summed E-state index contributed by atoms with van der Waals surface area (Å²) in [7, 11) is -3.67. The first-order chi connectivity index (χ1) is 14.3. The molecular weight excluding hydrogens is 404 g/mol. The standard InChI is InChI=1S/C22H26N2O5S/c1-3-16(2)23-21(25)15-29-22(26)18-8-10-20(11-9-18)30(27,28)24-13-12-17-6-4-5-7-19(17)14-24/h4-11,16H,3,12-15H2,1-2H3,(H,23,25)/t16-/m0/s1. The Kier molecular flexibility index (Phi) is 6.89. The van der Waals surface area contributed by atoms with E-state index in [1.165, 1.54) is 34.1 Å². The zero-order chi connectivity index (χ0) is 21.7. The number of sulfonamides is 1. The first kappa shape index (κ1) is 22.0. The molecule has 0 saturated heterocycles. The zero-order valence-electron chi connectivity index (χ0n) is 17.1. The summed E-state index contributed by atoms with van der Waals surface area (Å²) in [6.45, 7) is 4.16. The molecule has 0 spiro atoms. The molecule has 0 aliphatic carbocycles. The summed E-state index contributed by atoms with van der Waals surface area (Å²) in [4.78, 5) is 24.0. The Morgan fingerprint density at radius 3 is 2.43 bits per heavy atom. The van der Waals surface area contributed by atoms with E-state index in [2.05, 4.69) is 5.32 Å². The average Bonchev–Trinajstić information content (AvgIpc) is 2.77. The molecule has 0 unspecified atom stereocenters. The Balaban J connectivity index is 1.63. The third-order valence-electron chi connectivity index (χ3n) is 5.18. The van der Waals surface area contributed by atoms with Gasteiger partial charge < -0.3 is 10.1 Å². The van der Waals surface area contributed by atoms with Gasteiger partial charge in [0.15, 0.2) is 6.61 Å². The highest BCUT2D eigenvalue weighted by Crippen LogP contribution is 2.25. The van der Waals surface area contributed by atoms with Crippen molar-refractivity contribution in [3.63, 3.8) is 0 Å². The number of nitrogens with one attached hydrogen (secondary N) is 1. The molecule has 0 radical (unpaired) electrons. The highest BCUT2D eigenvalue weighted by molar-refractivity contribution is 7.89. The molecule has 160 valence electrons. The lowest BCUT2D eigenvalue weighted by atomic mass is 10.0. The van der Waals surface area contributed by atoms with E-state index in [1.54, 1.807) is 0 Å². The van der Waals surface area contributed by atoms with Crippen LogP contribution in [0.25, 0.3) is 0 Å². The van der Waals surface area contributed by atoms with Gasteiger partial charge >= 0.3 is 5.97 Å². The Labute approximate surface area is 177 Å². The van der Waals surface area contributed by atoms with Crippen molar-refractivity contribution in [1.29, 1.82) is 0 Å². The third kappa shape index (κ3) is 5.06. The zero-order valence-corrected chi connectivity index (χ0v) is 17.9. The van der Waals surface area contributed by atoms with Gasteiger partial charge in [-0.1, -0.05) is 31.2 Å². The Morgan fingerprint density at radius 1 is 1.10 bits per heavy atom. The highest BCUT2D eigenvalue weighted by Gasteiger charge is 2.28. The number of esters is 1. The molecule has 1 aliphatic heterocycles. The second kappa shape index (κ2) is 9.40. The summed E-state index contributed by atoms with van der Waals surface area (Å²) in [5.74, 6) is -1.05. The lowest BCUT2D eigenvalue weighted by Gasteiger charge is -2.28. The molecule has 0 aromatic heterocycles. The Bertz CT molecular complexity index is 1020. The van der Waals surface area contributed by atoms with Crippen LogP contribution < -0.4 is 5.32 Å². The maximum atomic E-state index is 13.0. The smallest absolute Gasteiger partial charge is 0.338 e. The molecule has 1 atom stereocenters. The quantitative estimate of drug-likeness (QED) is 0.682. The maximum Gasteiger partial charge on any atom is 0.338 e. The maximum absolute atomic E-state index is 13.0. The number of rotatable bonds is 7. The first-order valence-electron chi connectivity index (χ1n) is 9.94. The largest absolute Gasteiger partial charge is 0.452 e. The number of carbonyl (C=O) groups is 2. The van der Waals surface area contributed by atoms with Gasteiger partial charge in [0, 0.05) is 19.1 Å². The van der Waals surface area contributed by atoms with Crippen molar-refractivity contribution < 1.29 is 22.7 Å². The number of benzene rings is 2. The van der Waals surface area contributed by atoms with Crippen molar-refractivity contribution in [1.82, 2.24) is 9.62 Å². The minimum absolute atomic E-state index is 0.00226. The summed E-state index contributed by atoms with van der Waals surface area (Å²) in [5, 5.41) is 2.71. The van der Waals surface area contributed by atoms with Crippen molar-refractivity contribution in [2.45, 2.75) is 44.2 Å². The molecule has 1 amide bonds. The van der Waals surface area contributed by atoms with E-state index < -0.39 is 16.0 Å². The van der Waals surface area contributed by atoms with Gasteiger partial charge in [-0.05, 0) is 55.2 Å². The SMILES string of the molecule is CC[C@H](C)NC(=O)COC(=O)c1ccc(S(=O)(=O)N2CCc3ccccc3C2)cc1. The molecule has 1 heterocycles. The van der Waals surface area contributed by atoms with Crippen molar-refractivity contribution in [2.75, 3.05) is 13.2 Å². The minimum atomic E-state index is -3.67. The van der Waals surface area contributed by atoms with E-state index in [4.69, 9.17) is 4.74 Å². The van der Waals surface area contributed by atoms with Gasteiger partial charge in [-0.2, -0.15) is 4.31 Å². The van der Waals surface area contributed by atoms with Crippen LogP contribution in [0.3, 0.4) is 0 Å². The van der Waals surface area contributed by atoms with E-state index in [0.29, 0.717) is 19.5 Å². The van der Waals surface area contributed by atoms with Crippen LogP contribution in [0.4, 0.5) is 0 Å². The molecule has 0 saturated carbocycles. The molecule has 30 heavy (non-hydrogen) atoms. The second-order valence-electron chi connectivity index (χ2n) is 7.33. The van der Waals surface area contributed by atoms with Crippen LogP contribution in [0.15, 0.2) is 53.4 Å². The lowest BCUT2D eigenvalue weighted by molar-refractivity contribution is -0.124. The van der Waals surface area contributed by atoms with Crippen LogP contribution in [-0.2, 0) is 32.5 Å². The third-order valence-corrected chi connectivity index (χ3v) is 7.04. The van der Waals surface area contributed by atoms with Crippen molar-refractivity contribution >= 4 is 21.9 Å². The fourth-order valence-corrected chi connectivity index (χ4v) is 4.64. The van der Waals surface area contributed by atoms with Crippen molar-refractivity contribution in [3.05, 3.63) is 65.2 Å². The van der Waals surface area contributed by atoms with Gasteiger partial charge in [0.2, 0.25) is 10.0 Å². The topological polar surface area (TPSA) is 92.8 Å². The Morgan fingerprint density at radius 2 is 1.77 bits per heavy atom. The number of nitrogens with zero attached hydrogens (tertiary/aromatic N) is 1. The van der Waals surface area contributed by atoms with Crippen LogP contribution in [0, 0.1) is 0 Å². The molecule has 1 N–H and O–H groups in total.